The number of rotatable bonds is 11. The van der Waals surface area contributed by atoms with Gasteiger partial charge in [-0.25, -0.2) is 4.79 Å². The minimum absolute atomic E-state index is 0.0872. The number of fused-ring (bicyclic) bond motifs is 1. The second kappa shape index (κ2) is 12.9. The molecule has 1 heterocycles. The van der Waals surface area contributed by atoms with Crippen molar-refractivity contribution in [1.82, 2.24) is 15.2 Å². The van der Waals surface area contributed by atoms with Gasteiger partial charge in [-0.3, -0.25) is 9.78 Å². The largest absolute Gasteiger partial charge is 0.460 e. The first kappa shape index (κ1) is 27.1. The van der Waals surface area contributed by atoms with E-state index in [4.69, 9.17) is 19.2 Å². The van der Waals surface area contributed by atoms with Crippen LogP contribution in [0.25, 0.3) is 0 Å². The van der Waals surface area contributed by atoms with E-state index in [0.29, 0.717) is 6.54 Å². The van der Waals surface area contributed by atoms with Gasteiger partial charge in [-0.15, -0.1) is 0 Å². The number of aryl methyl sites for hydroxylation is 3. The van der Waals surface area contributed by atoms with Gasteiger partial charge in [0, 0.05) is 38.2 Å². The summed E-state index contributed by atoms with van der Waals surface area (Å²) in [6.07, 6.45) is 5.73. The van der Waals surface area contributed by atoms with Gasteiger partial charge in [0.2, 0.25) is 0 Å². The molecular weight excluding hydrogens is 422 g/mol. The van der Waals surface area contributed by atoms with E-state index in [0.717, 1.165) is 31.4 Å². The summed E-state index contributed by atoms with van der Waals surface area (Å²) in [6, 6.07) is 3.66. The van der Waals surface area contributed by atoms with Crippen LogP contribution in [0.4, 0.5) is 4.79 Å². The quantitative estimate of drug-likeness (QED) is 0.306. The fourth-order valence-corrected chi connectivity index (χ4v) is 3.94. The number of urea groups is 1. The lowest BCUT2D eigenvalue weighted by molar-refractivity contribution is -0.156. The summed E-state index contributed by atoms with van der Waals surface area (Å²) in [5.41, 5.74) is 3.10. The molecule has 0 unspecified atom stereocenters. The predicted molar refractivity (Wildman–Crippen MR) is 127 cm³/mol. The zero-order chi connectivity index (χ0) is 24.4. The van der Waals surface area contributed by atoms with Crippen molar-refractivity contribution in [3.8, 4) is 0 Å². The number of ether oxygens (including phenoxy) is 3. The molecule has 0 aromatic carbocycles. The van der Waals surface area contributed by atoms with Crippen molar-refractivity contribution >= 4 is 12.0 Å². The number of pyridine rings is 1. The minimum atomic E-state index is -0.587. The van der Waals surface area contributed by atoms with Crippen LogP contribution in [0.15, 0.2) is 12.1 Å². The second-order valence-electron chi connectivity index (χ2n) is 9.64. The SMILES string of the molecule is COC(CN(C(=O)NCCCc1ccc2c(n1)CCCC2)[C@H](C)CC(=O)OC(C)(C)C)OC. The summed E-state index contributed by atoms with van der Waals surface area (Å²) >= 11 is 0. The van der Waals surface area contributed by atoms with Gasteiger partial charge in [0.15, 0.2) is 6.29 Å². The Bertz CT molecular complexity index is 774. The average molecular weight is 464 g/mol. The molecule has 1 N–H and O–H groups in total. The summed E-state index contributed by atoms with van der Waals surface area (Å²) in [7, 11) is 3.04. The fraction of sp³-hybridized carbons (Fsp3) is 0.720. The van der Waals surface area contributed by atoms with Crippen molar-refractivity contribution in [3.63, 3.8) is 0 Å². The van der Waals surface area contributed by atoms with E-state index in [1.165, 1.54) is 38.3 Å². The highest BCUT2D eigenvalue weighted by Gasteiger charge is 2.27. The highest BCUT2D eigenvalue weighted by Crippen LogP contribution is 2.20. The van der Waals surface area contributed by atoms with Gasteiger partial charge >= 0.3 is 12.0 Å². The zero-order valence-electron chi connectivity index (χ0n) is 21.1. The van der Waals surface area contributed by atoms with Crippen molar-refractivity contribution in [3.05, 3.63) is 29.1 Å². The third kappa shape index (κ3) is 9.29. The first-order valence-corrected chi connectivity index (χ1v) is 11.9. The Morgan fingerprint density at radius 2 is 1.85 bits per heavy atom. The van der Waals surface area contributed by atoms with Crippen molar-refractivity contribution in [2.75, 3.05) is 27.3 Å². The molecule has 0 radical (unpaired) electrons. The molecule has 8 heteroatoms. The summed E-state index contributed by atoms with van der Waals surface area (Å²) in [5, 5.41) is 2.97. The number of amides is 2. The van der Waals surface area contributed by atoms with Crippen LogP contribution < -0.4 is 5.32 Å². The van der Waals surface area contributed by atoms with Crippen LogP contribution in [0.5, 0.6) is 0 Å². The van der Waals surface area contributed by atoms with E-state index < -0.39 is 11.9 Å². The number of nitrogens with one attached hydrogen (secondary N) is 1. The molecular formula is C25H41N3O5. The first-order valence-electron chi connectivity index (χ1n) is 11.9. The Kier molecular flexibility index (Phi) is 10.6. The van der Waals surface area contributed by atoms with Crippen LogP contribution in [0.3, 0.4) is 0 Å². The minimum Gasteiger partial charge on any atom is -0.460 e. The third-order valence-electron chi connectivity index (χ3n) is 5.67. The number of hydrogen-bond acceptors (Lipinski definition) is 6. The molecule has 1 aliphatic rings. The highest BCUT2D eigenvalue weighted by atomic mass is 16.7. The van der Waals surface area contributed by atoms with Crippen molar-refractivity contribution < 1.29 is 23.8 Å². The number of esters is 1. The highest BCUT2D eigenvalue weighted by molar-refractivity contribution is 5.76. The van der Waals surface area contributed by atoms with Gasteiger partial charge in [0.1, 0.15) is 5.60 Å². The maximum absolute atomic E-state index is 13.0. The summed E-state index contributed by atoms with van der Waals surface area (Å²) in [6.45, 7) is 8.01. The molecule has 186 valence electrons. The monoisotopic (exact) mass is 463 g/mol. The molecule has 1 aromatic rings. The Hall–Kier alpha value is -2.19. The van der Waals surface area contributed by atoms with Gasteiger partial charge in [-0.1, -0.05) is 6.07 Å². The molecule has 1 aromatic heterocycles. The van der Waals surface area contributed by atoms with Crippen LogP contribution in [0, 0.1) is 0 Å². The molecule has 8 nitrogen and oxygen atoms in total. The maximum atomic E-state index is 13.0. The lowest BCUT2D eigenvalue weighted by Crippen LogP contribution is -2.50. The number of aromatic nitrogens is 1. The van der Waals surface area contributed by atoms with Gasteiger partial charge in [0.05, 0.1) is 13.0 Å². The normalized spacial score (nSPS) is 14.5. The van der Waals surface area contributed by atoms with Crippen LogP contribution in [-0.2, 0) is 38.3 Å². The van der Waals surface area contributed by atoms with Crippen molar-refractivity contribution in [2.24, 2.45) is 0 Å². The smallest absolute Gasteiger partial charge is 0.317 e. The molecule has 1 atom stereocenters. The van der Waals surface area contributed by atoms with Gasteiger partial charge in [0.25, 0.3) is 0 Å². The van der Waals surface area contributed by atoms with E-state index in [1.54, 1.807) is 4.90 Å². The molecule has 2 amide bonds. The Morgan fingerprint density at radius 1 is 1.15 bits per heavy atom. The van der Waals surface area contributed by atoms with Crippen LogP contribution in [0.1, 0.15) is 70.3 Å². The lowest BCUT2D eigenvalue weighted by Gasteiger charge is -2.32. The van der Waals surface area contributed by atoms with Crippen molar-refractivity contribution in [2.45, 2.75) is 90.6 Å². The third-order valence-corrected chi connectivity index (χ3v) is 5.67. The van der Waals surface area contributed by atoms with E-state index in [9.17, 15) is 9.59 Å². The van der Waals surface area contributed by atoms with Crippen LogP contribution >= 0.6 is 0 Å². The van der Waals surface area contributed by atoms with Crippen LogP contribution in [0.2, 0.25) is 0 Å². The van der Waals surface area contributed by atoms with E-state index in [-0.39, 0.29) is 31.0 Å². The van der Waals surface area contributed by atoms with E-state index in [1.807, 2.05) is 27.7 Å². The molecule has 0 fully saturated rings. The van der Waals surface area contributed by atoms with E-state index in [2.05, 4.69) is 17.4 Å². The Labute approximate surface area is 198 Å². The number of carbonyl (C=O) groups is 2. The topological polar surface area (TPSA) is 90.0 Å². The number of nitrogens with zero attached hydrogens (tertiary/aromatic N) is 2. The molecule has 1 aliphatic carbocycles. The second-order valence-corrected chi connectivity index (χ2v) is 9.64. The molecule has 2 rings (SSSR count). The molecule has 0 saturated carbocycles. The van der Waals surface area contributed by atoms with Crippen LogP contribution in [-0.4, -0.2) is 67.1 Å². The number of methoxy groups -OCH3 is 2. The molecule has 33 heavy (non-hydrogen) atoms. The maximum Gasteiger partial charge on any atom is 0.317 e. The summed E-state index contributed by atoms with van der Waals surface area (Å²) < 4.78 is 16.0. The molecule has 0 spiro atoms. The van der Waals surface area contributed by atoms with Gasteiger partial charge < -0.3 is 24.4 Å². The average Bonchev–Trinajstić information content (AvgIpc) is 2.75. The standard InChI is InChI=1S/C25H41N3O5/c1-18(16-22(29)33-25(2,3)4)28(17-23(31-5)32-6)24(30)26-15-9-11-20-14-13-19-10-7-8-12-21(19)27-20/h13-14,18,23H,7-12,15-17H2,1-6H3,(H,26,30)/t18-/m1/s1. The van der Waals surface area contributed by atoms with E-state index >= 15 is 0 Å². The van der Waals surface area contributed by atoms with Gasteiger partial charge in [-0.05, 0) is 77.8 Å². The summed E-state index contributed by atoms with van der Waals surface area (Å²) in [4.78, 5) is 31.6. The summed E-state index contributed by atoms with van der Waals surface area (Å²) in [5.74, 6) is -0.349. The fourth-order valence-electron chi connectivity index (χ4n) is 3.94. The Morgan fingerprint density at radius 3 is 2.52 bits per heavy atom. The zero-order valence-corrected chi connectivity index (χ0v) is 21.1. The first-order chi connectivity index (χ1) is 15.6. The molecule has 0 bridgehead atoms. The molecule has 0 aliphatic heterocycles. The number of hydrogen-bond donors (Lipinski definition) is 1. The van der Waals surface area contributed by atoms with Gasteiger partial charge in [-0.2, -0.15) is 0 Å². The van der Waals surface area contributed by atoms with Crippen molar-refractivity contribution in [1.29, 1.82) is 0 Å². The molecule has 0 saturated heterocycles. The predicted octanol–water partition coefficient (Wildman–Crippen LogP) is 3.64. The number of carbonyl (C=O) groups excluding carboxylic acids is 2. The Balaban J connectivity index is 1.90. The lowest BCUT2D eigenvalue weighted by atomic mass is 9.95.